The van der Waals surface area contributed by atoms with Gasteiger partial charge >= 0.3 is 0 Å². The summed E-state index contributed by atoms with van der Waals surface area (Å²) in [5.41, 5.74) is 4.20. The molecule has 0 spiro atoms. The van der Waals surface area contributed by atoms with Crippen LogP contribution < -0.4 is 0 Å². The highest BCUT2D eigenvalue weighted by Crippen LogP contribution is 2.29. The molecule has 0 aliphatic heterocycles. The van der Waals surface area contributed by atoms with Gasteiger partial charge in [0.05, 0.1) is 5.69 Å². The highest BCUT2D eigenvalue weighted by molar-refractivity contribution is 5.70. The molecule has 1 aromatic carbocycles. The molecule has 2 aromatic heterocycles. The first-order valence-corrected chi connectivity index (χ1v) is 7.63. The summed E-state index contributed by atoms with van der Waals surface area (Å²) in [7, 11) is 0. The van der Waals surface area contributed by atoms with Gasteiger partial charge in [0.15, 0.2) is 0 Å². The molecular weight excluding hydrogens is 287 g/mol. The van der Waals surface area contributed by atoms with Gasteiger partial charge in [0.2, 0.25) is 5.95 Å². The summed E-state index contributed by atoms with van der Waals surface area (Å²) in [4.78, 5) is 8.19. The lowest BCUT2D eigenvalue weighted by Crippen LogP contribution is -2.10. The fourth-order valence-electron chi connectivity index (χ4n) is 2.47. The summed E-state index contributed by atoms with van der Waals surface area (Å²) in [5, 5.41) is 0. The normalized spacial score (nSPS) is 11.5. The van der Waals surface area contributed by atoms with E-state index >= 15 is 0 Å². The van der Waals surface area contributed by atoms with Crippen LogP contribution in [0.25, 0.3) is 22.4 Å². The number of nitrogens with zero attached hydrogens (tertiary/aromatic N) is 2. The average Bonchev–Trinajstić information content (AvgIpc) is 2.55. The minimum Gasteiger partial charge on any atom is -0.256 e. The Hall–Kier alpha value is -2.55. The van der Waals surface area contributed by atoms with Crippen molar-refractivity contribution in [2.24, 2.45) is 0 Å². The summed E-state index contributed by atoms with van der Waals surface area (Å²) in [6, 6.07) is 15.4. The van der Waals surface area contributed by atoms with Crippen LogP contribution >= 0.6 is 0 Å². The molecule has 3 rings (SSSR count). The molecule has 2 nitrogen and oxygen atoms in total. The Morgan fingerprint density at radius 3 is 2.22 bits per heavy atom. The summed E-state index contributed by atoms with van der Waals surface area (Å²) in [5.74, 6) is -0.465. The Kier molecular flexibility index (Phi) is 3.95. The summed E-state index contributed by atoms with van der Waals surface area (Å²) >= 11 is 0. The van der Waals surface area contributed by atoms with Gasteiger partial charge in [0.25, 0.3) is 0 Å². The zero-order chi connectivity index (χ0) is 16.4. The molecule has 2 heterocycles. The monoisotopic (exact) mass is 306 g/mol. The number of aromatic nitrogens is 2. The van der Waals surface area contributed by atoms with Crippen molar-refractivity contribution in [3.63, 3.8) is 0 Å². The Morgan fingerprint density at radius 2 is 1.61 bits per heavy atom. The molecule has 0 fully saturated rings. The first kappa shape index (κ1) is 15.3. The molecule has 0 aliphatic rings. The van der Waals surface area contributed by atoms with Crippen LogP contribution in [0.1, 0.15) is 26.3 Å². The van der Waals surface area contributed by atoms with Crippen molar-refractivity contribution in [2.75, 3.05) is 0 Å². The fourth-order valence-corrected chi connectivity index (χ4v) is 2.47. The molecule has 0 amide bonds. The third-order valence-electron chi connectivity index (χ3n) is 3.86. The third kappa shape index (κ3) is 3.29. The van der Waals surface area contributed by atoms with E-state index in [1.54, 1.807) is 12.3 Å². The van der Waals surface area contributed by atoms with Crippen LogP contribution in [0.2, 0.25) is 0 Å². The molecule has 0 bridgehead atoms. The maximum absolute atomic E-state index is 14.2. The van der Waals surface area contributed by atoms with E-state index in [4.69, 9.17) is 0 Å². The molecule has 0 unspecified atom stereocenters. The van der Waals surface area contributed by atoms with Crippen molar-refractivity contribution in [1.29, 1.82) is 0 Å². The lowest BCUT2D eigenvalue weighted by atomic mass is 9.86. The summed E-state index contributed by atoms with van der Waals surface area (Å²) in [6.45, 7) is 6.48. The van der Waals surface area contributed by atoms with Gasteiger partial charge in [-0.2, -0.15) is 4.39 Å². The predicted octanol–water partition coefficient (Wildman–Crippen LogP) is 5.25. The average molecular weight is 306 g/mol. The SMILES string of the molecule is CC(C)(C)c1ccc(-c2cc(-c3ccccn3)cnc2F)cc1. The molecule has 0 saturated carbocycles. The third-order valence-corrected chi connectivity index (χ3v) is 3.86. The van der Waals surface area contributed by atoms with E-state index in [2.05, 4.69) is 30.7 Å². The maximum Gasteiger partial charge on any atom is 0.220 e. The highest BCUT2D eigenvalue weighted by Gasteiger charge is 2.14. The quantitative estimate of drug-likeness (QED) is 0.604. The van der Waals surface area contributed by atoms with Gasteiger partial charge in [-0.25, -0.2) is 4.98 Å². The van der Waals surface area contributed by atoms with Crippen LogP contribution in [0.5, 0.6) is 0 Å². The summed E-state index contributed by atoms with van der Waals surface area (Å²) in [6.07, 6.45) is 3.24. The molecule has 0 radical (unpaired) electrons. The number of rotatable bonds is 2. The van der Waals surface area contributed by atoms with E-state index in [1.165, 1.54) is 11.8 Å². The minimum absolute atomic E-state index is 0.0745. The fraction of sp³-hybridized carbons (Fsp3) is 0.200. The van der Waals surface area contributed by atoms with Gasteiger partial charge < -0.3 is 0 Å². The predicted molar refractivity (Wildman–Crippen MR) is 91.6 cm³/mol. The van der Waals surface area contributed by atoms with Crippen LogP contribution in [0.3, 0.4) is 0 Å². The first-order valence-electron chi connectivity index (χ1n) is 7.63. The lowest BCUT2D eigenvalue weighted by molar-refractivity contribution is 0.587. The molecule has 0 N–H and O–H groups in total. The number of hydrogen-bond donors (Lipinski definition) is 0. The first-order chi connectivity index (χ1) is 10.9. The van der Waals surface area contributed by atoms with E-state index in [-0.39, 0.29) is 5.41 Å². The lowest BCUT2D eigenvalue weighted by Gasteiger charge is -2.19. The molecule has 116 valence electrons. The van der Waals surface area contributed by atoms with Gasteiger partial charge in [-0.3, -0.25) is 4.98 Å². The van der Waals surface area contributed by atoms with Crippen LogP contribution in [0.4, 0.5) is 4.39 Å². The number of halogens is 1. The van der Waals surface area contributed by atoms with E-state index in [9.17, 15) is 4.39 Å². The zero-order valence-corrected chi connectivity index (χ0v) is 13.5. The Bertz CT molecular complexity index is 803. The topological polar surface area (TPSA) is 25.8 Å². The molecular formula is C20H19FN2. The molecule has 0 saturated heterocycles. The van der Waals surface area contributed by atoms with Crippen molar-refractivity contribution in [2.45, 2.75) is 26.2 Å². The molecule has 0 atom stereocenters. The second-order valence-electron chi connectivity index (χ2n) is 6.60. The molecule has 0 aliphatic carbocycles. The maximum atomic E-state index is 14.2. The summed E-state index contributed by atoms with van der Waals surface area (Å²) < 4.78 is 14.2. The van der Waals surface area contributed by atoms with E-state index in [1.807, 2.05) is 42.5 Å². The zero-order valence-electron chi connectivity index (χ0n) is 13.5. The second kappa shape index (κ2) is 5.92. The molecule has 3 heteroatoms. The van der Waals surface area contributed by atoms with Gasteiger partial charge in [-0.05, 0) is 34.7 Å². The van der Waals surface area contributed by atoms with Crippen LogP contribution in [-0.4, -0.2) is 9.97 Å². The number of hydrogen-bond acceptors (Lipinski definition) is 2. The van der Waals surface area contributed by atoms with E-state index < -0.39 is 5.95 Å². The van der Waals surface area contributed by atoms with Crippen LogP contribution in [0, 0.1) is 5.95 Å². The Balaban J connectivity index is 2.03. The van der Waals surface area contributed by atoms with Crippen molar-refractivity contribution in [1.82, 2.24) is 9.97 Å². The van der Waals surface area contributed by atoms with Gasteiger partial charge in [0, 0.05) is 23.5 Å². The van der Waals surface area contributed by atoms with E-state index in [0.29, 0.717) is 5.56 Å². The highest BCUT2D eigenvalue weighted by atomic mass is 19.1. The van der Waals surface area contributed by atoms with E-state index in [0.717, 1.165) is 16.8 Å². The second-order valence-corrected chi connectivity index (χ2v) is 6.60. The van der Waals surface area contributed by atoms with Crippen LogP contribution in [-0.2, 0) is 5.41 Å². The Morgan fingerprint density at radius 1 is 0.870 bits per heavy atom. The van der Waals surface area contributed by atoms with Crippen LogP contribution in [0.15, 0.2) is 60.9 Å². The largest absolute Gasteiger partial charge is 0.256 e. The molecule has 23 heavy (non-hydrogen) atoms. The number of benzene rings is 1. The van der Waals surface area contributed by atoms with Gasteiger partial charge in [0.1, 0.15) is 0 Å². The minimum atomic E-state index is -0.465. The Labute approximate surface area is 136 Å². The smallest absolute Gasteiger partial charge is 0.220 e. The number of pyridine rings is 2. The van der Waals surface area contributed by atoms with Gasteiger partial charge in [-0.1, -0.05) is 51.1 Å². The van der Waals surface area contributed by atoms with Crippen molar-refractivity contribution < 1.29 is 4.39 Å². The molecule has 3 aromatic rings. The van der Waals surface area contributed by atoms with Gasteiger partial charge in [-0.15, -0.1) is 0 Å². The van der Waals surface area contributed by atoms with Crippen molar-refractivity contribution in [3.05, 3.63) is 72.4 Å². The standard InChI is InChI=1S/C20H19FN2/c1-20(2,3)16-9-7-14(8-10-16)17-12-15(13-23-19(17)21)18-6-4-5-11-22-18/h4-13H,1-3H3. The van der Waals surface area contributed by atoms with Crippen molar-refractivity contribution in [3.8, 4) is 22.4 Å². The van der Waals surface area contributed by atoms with Crippen molar-refractivity contribution >= 4 is 0 Å².